The van der Waals surface area contributed by atoms with E-state index >= 15 is 0 Å². The zero-order valence-electron chi connectivity index (χ0n) is 9.12. The summed E-state index contributed by atoms with van der Waals surface area (Å²) in [4.78, 5) is 10.2. The smallest absolute Gasteiger partial charge is 0.144 e. The Balaban J connectivity index is 2.32. The van der Waals surface area contributed by atoms with E-state index in [1.165, 1.54) is 4.88 Å². The van der Waals surface area contributed by atoms with E-state index in [2.05, 4.69) is 42.7 Å². The number of halogens is 1. The maximum Gasteiger partial charge on any atom is 0.144 e. The van der Waals surface area contributed by atoms with Gasteiger partial charge in [0.05, 0.1) is 10.2 Å². The number of aryl methyl sites for hydroxylation is 1. The Bertz CT molecular complexity index is 482. The van der Waals surface area contributed by atoms with E-state index in [0.29, 0.717) is 0 Å². The molecule has 2 aromatic heterocycles. The first-order valence-electron chi connectivity index (χ1n) is 4.94. The molecule has 0 spiro atoms. The van der Waals surface area contributed by atoms with Gasteiger partial charge in [0, 0.05) is 18.3 Å². The van der Waals surface area contributed by atoms with Crippen molar-refractivity contribution in [1.29, 1.82) is 0 Å². The fourth-order valence-corrected chi connectivity index (χ4v) is 2.51. The van der Waals surface area contributed by atoms with Crippen LogP contribution in [0, 0.1) is 6.92 Å². The highest BCUT2D eigenvalue weighted by molar-refractivity contribution is 9.10. The first kappa shape index (κ1) is 11.5. The van der Waals surface area contributed by atoms with Crippen LogP contribution in [0.5, 0.6) is 0 Å². The van der Waals surface area contributed by atoms with E-state index in [4.69, 9.17) is 0 Å². The molecule has 84 valence electrons. The Labute approximate surface area is 107 Å². The van der Waals surface area contributed by atoms with Gasteiger partial charge in [-0.15, -0.1) is 11.3 Å². The van der Waals surface area contributed by atoms with Gasteiger partial charge in [-0.25, -0.2) is 9.97 Å². The molecule has 0 saturated carbocycles. The van der Waals surface area contributed by atoms with Crippen molar-refractivity contribution < 1.29 is 0 Å². The predicted molar refractivity (Wildman–Crippen MR) is 71.1 cm³/mol. The highest BCUT2D eigenvalue weighted by Gasteiger charge is 2.08. The van der Waals surface area contributed by atoms with Crippen LogP contribution in [0.4, 0.5) is 5.82 Å². The monoisotopic (exact) mass is 297 g/mol. The number of hydrogen-bond acceptors (Lipinski definition) is 4. The summed E-state index contributed by atoms with van der Waals surface area (Å²) in [5, 5.41) is 5.13. The second kappa shape index (κ2) is 4.93. The second-order valence-corrected chi connectivity index (χ2v) is 5.22. The van der Waals surface area contributed by atoms with Crippen LogP contribution in [0.1, 0.15) is 16.4 Å². The molecule has 0 aliphatic rings. The average molecular weight is 298 g/mol. The lowest BCUT2D eigenvalue weighted by molar-refractivity contribution is 0.945. The lowest BCUT2D eigenvalue weighted by Crippen LogP contribution is -2.03. The summed E-state index contributed by atoms with van der Waals surface area (Å²) in [5.41, 5.74) is 0.964. The lowest BCUT2D eigenvalue weighted by atomic mass is 10.3. The second-order valence-electron chi connectivity index (χ2n) is 3.39. The summed E-state index contributed by atoms with van der Waals surface area (Å²) in [6.45, 7) is 1.98. The van der Waals surface area contributed by atoms with Gasteiger partial charge in [0.2, 0.25) is 0 Å². The van der Waals surface area contributed by atoms with Crippen LogP contribution in [0.15, 0.2) is 22.0 Å². The van der Waals surface area contributed by atoms with Gasteiger partial charge in [-0.2, -0.15) is 0 Å². The first-order valence-corrected chi connectivity index (χ1v) is 6.61. The van der Waals surface area contributed by atoms with Gasteiger partial charge >= 0.3 is 0 Å². The Hall–Kier alpha value is -0.940. The molecule has 0 saturated heterocycles. The normalized spacial score (nSPS) is 10.4. The SMILES string of the molecule is CNc1nc(Cc2cccs2)nc(C)c1Br. The maximum absolute atomic E-state index is 4.46. The topological polar surface area (TPSA) is 37.8 Å². The quantitative estimate of drug-likeness (QED) is 0.945. The molecule has 5 heteroatoms. The molecule has 2 aromatic rings. The highest BCUT2D eigenvalue weighted by atomic mass is 79.9. The van der Waals surface area contributed by atoms with E-state index in [-0.39, 0.29) is 0 Å². The Morgan fingerprint density at radius 3 is 2.88 bits per heavy atom. The van der Waals surface area contributed by atoms with E-state index in [0.717, 1.165) is 28.2 Å². The van der Waals surface area contributed by atoms with Gasteiger partial charge in [-0.05, 0) is 34.3 Å². The van der Waals surface area contributed by atoms with Crippen molar-refractivity contribution in [3.63, 3.8) is 0 Å². The number of aromatic nitrogens is 2. The zero-order chi connectivity index (χ0) is 11.5. The standard InChI is InChI=1S/C11H12BrN3S/c1-7-10(12)11(13-2)15-9(14-7)6-8-4-3-5-16-8/h3-5H,6H2,1-2H3,(H,13,14,15). The summed E-state index contributed by atoms with van der Waals surface area (Å²) in [6.07, 6.45) is 0.792. The molecular formula is C11H12BrN3S. The van der Waals surface area contributed by atoms with Gasteiger partial charge in [-0.1, -0.05) is 6.07 Å². The van der Waals surface area contributed by atoms with Gasteiger partial charge in [0.15, 0.2) is 0 Å². The van der Waals surface area contributed by atoms with Crippen LogP contribution in [-0.4, -0.2) is 17.0 Å². The Kier molecular flexibility index (Phi) is 3.56. The van der Waals surface area contributed by atoms with Crippen molar-refractivity contribution in [1.82, 2.24) is 9.97 Å². The minimum absolute atomic E-state index is 0.792. The van der Waals surface area contributed by atoms with Crippen molar-refractivity contribution in [3.8, 4) is 0 Å². The summed E-state index contributed by atoms with van der Waals surface area (Å²) in [5.74, 6) is 1.70. The van der Waals surface area contributed by atoms with Crippen molar-refractivity contribution >= 4 is 33.1 Å². The van der Waals surface area contributed by atoms with Crippen LogP contribution in [0.3, 0.4) is 0 Å². The molecule has 0 atom stereocenters. The largest absolute Gasteiger partial charge is 0.372 e. The number of thiophene rings is 1. The molecule has 0 fully saturated rings. The van der Waals surface area contributed by atoms with Gasteiger partial charge in [0.1, 0.15) is 11.6 Å². The molecule has 2 heterocycles. The molecule has 2 rings (SSSR count). The Morgan fingerprint density at radius 2 is 2.25 bits per heavy atom. The average Bonchev–Trinajstić information content (AvgIpc) is 2.76. The minimum atomic E-state index is 0.792. The molecule has 16 heavy (non-hydrogen) atoms. The summed E-state index contributed by atoms with van der Waals surface area (Å²) in [6, 6.07) is 4.15. The number of rotatable bonds is 3. The van der Waals surface area contributed by atoms with Crippen molar-refractivity contribution in [3.05, 3.63) is 38.4 Å². The van der Waals surface area contributed by atoms with Crippen LogP contribution in [0.25, 0.3) is 0 Å². The zero-order valence-corrected chi connectivity index (χ0v) is 11.5. The molecule has 1 N–H and O–H groups in total. The third-order valence-corrected chi connectivity index (χ3v) is 4.04. The third kappa shape index (κ3) is 2.41. The molecule has 0 unspecified atom stereocenters. The lowest BCUT2D eigenvalue weighted by Gasteiger charge is -2.07. The van der Waals surface area contributed by atoms with Crippen LogP contribution in [0.2, 0.25) is 0 Å². The first-order chi connectivity index (χ1) is 7.70. The van der Waals surface area contributed by atoms with Crippen LogP contribution < -0.4 is 5.32 Å². The van der Waals surface area contributed by atoms with E-state index in [1.54, 1.807) is 11.3 Å². The van der Waals surface area contributed by atoms with Gasteiger partial charge in [0.25, 0.3) is 0 Å². The number of nitrogens with zero attached hydrogens (tertiary/aromatic N) is 2. The molecule has 0 bridgehead atoms. The summed E-state index contributed by atoms with van der Waals surface area (Å²) < 4.78 is 0.935. The van der Waals surface area contributed by atoms with Crippen LogP contribution >= 0.6 is 27.3 Å². The van der Waals surface area contributed by atoms with Crippen molar-refractivity contribution in [2.75, 3.05) is 12.4 Å². The van der Waals surface area contributed by atoms with Crippen molar-refractivity contribution in [2.45, 2.75) is 13.3 Å². The fourth-order valence-electron chi connectivity index (χ4n) is 1.43. The number of nitrogens with one attached hydrogen (secondary N) is 1. The molecular weight excluding hydrogens is 286 g/mol. The van der Waals surface area contributed by atoms with Gasteiger partial charge < -0.3 is 5.32 Å². The summed E-state index contributed by atoms with van der Waals surface area (Å²) in [7, 11) is 1.86. The van der Waals surface area contributed by atoms with Crippen molar-refractivity contribution in [2.24, 2.45) is 0 Å². The molecule has 0 aromatic carbocycles. The maximum atomic E-state index is 4.46. The molecule has 0 amide bonds. The molecule has 0 aliphatic heterocycles. The van der Waals surface area contributed by atoms with E-state index in [1.807, 2.05) is 20.0 Å². The van der Waals surface area contributed by atoms with Gasteiger partial charge in [-0.3, -0.25) is 0 Å². The molecule has 0 aliphatic carbocycles. The van der Waals surface area contributed by atoms with E-state index < -0.39 is 0 Å². The van der Waals surface area contributed by atoms with E-state index in [9.17, 15) is 0 Å². The fraction of sp³-hybridized carbons (Fsp3) is 0.273. The minimum Gasteiger partial charge on any atom is -0.372 e. The van der Waals surface area contributed by atoms with Crippen LogP contribution in [-0.2, 0) is 6.42 Å². The predicted octanol–water partition coefficient (Wildman–Crippen LogP) is 3.24. The number of hydrogen-bond donors (Lipinski definition) is 1. The Morgan fingerprint density at radius 1 is 1.44 bits per heavy atom. The molecule has 0 radical (unpaired) electrons. The molecule has 3 nitrogen and oxygen atoms in total. The third-order valence-electron chi connectivity index (χ3n) is 2.21. The summed E-state index contributed by atoms with van der Waals surface area (Å²) >= 11 is 5.20. The number of anilines is 1. The highest BCUT2D eigenvalue weighted by Crippen LogP contribution is 2.23.